The quantitative estimate of drug-likeness (QED) is 0.419. The van der Waals surface area contributed by atoms with E-state index < -0.39 is 0 Å². The van der Waals surface area contributed by atoms with E-state index in [1.54, 1.807) is 0 Å². The van der Waals surface area contributed by atoms with Crippen molar-refractivity contribution in [2.45, 2.75) is 13.8 Å². The van der Waals surface area contributed by atoms with Crippen molar-refractivity contribution in [3.63, 3.8) is 0 Å². The van der Waals surface area contributed by atoms with E-state index in [-0.39, 0.29) is 5.56 Å². The van der Waals surface area contributed by atoms with Crippen LogP contribution in [0.25, 0.3) is 33.2 Å². The molecule has 0 atom stereocenters. The molecule has 5 nitrogen and oxygen atoms in total. The summed E-state index contributed by atoms with van der Waals surface area (Å²) in [5, 5.41) is 6.74. The number of hydrogen-bond donors (Lipinski definition) is 0. The van der Waals surface area contributed by atoms with Gasteiger partial charge in [0.2, 0.25) is 4.96 Å². The molecule has 154 valence electrons. The highest BCUT2D eigenvalue weighted by atomic mass is 32.1. The summed E-state index contributed by atoms with van der Waals surface area (Å²) >= 11 is 1.37. The Morgan fingerprint density at radius 1 is 0.968 bits per heavy atom. The maximum Gasteiger partial charge on any atom is 0.291 e. The standard InChI is InChI=1S/C25H22N4OS/c1-3-28(4-2)19-14-12-17(13-15-19)16-22-24(30)29-25(31-22)26-23(27-29)21-11-7-9-18-8-5-6-10-20(18)21/h5-16H,3-4H2,1-2H3/b22-16-. The molecule has 0 saturated carbocycles. The van der Waals surface area contributed by atoms with Gasteiger partial charge in [-0.3, -0.25) is 4.79 Å². The number of hydrogen-bond acceptors (Lipinski definition) is 5. The molecule has 0 amide bonds. The van der Waals surface area contributed by atoms with E-state index in [1.807, 2.05) is 42.5 Å². The molecular weight excluding hydrogens is 404 g/mol. The third kappa shape index (κ3) is 3.49. The predicted octanol–water partition coefficient (Wildman–Crippen LogP) is 4.37. The molecule has 3 aromatic carbocycles. The molecule has 5 rings (SSSR count). The molecule has 0 aliphatic rings. The topological polar surface area (TPSA) is 50.5 Å². The normalized spacial score (nSPS) is 12.1. The van der Waals surface area contributed by atoms with Crippen molar-refractivity contribution in [1.82, 2.24) is 14.6 Å². The van der Waals surface area contributed by atoms with E-state index in [0.717, 1.165) is 35.0 Å². The van der Waals surface area contributed by atoms with Crippen molar-refractivity contribution in [2.75, 3.05) is 18.0 Å². The fraction of sp³-hybridized carbons (Fsp3) is 0.160. The molecule has 0 aliphatic carbocycles. The number of fused-ring (bicyclic) bond motifs is 2. The van der Waals surface area contributed by atoms with Crippen LogP contribution in [0, 0.1) is 0 Å². The Morgan fingerprint density at radius 3 is 2.45 bits per heavy atom. The smallest absolute Gasteiger partial charge is 0.291 e. The average Bonchev–Trinajstić information content (AvgIpc) is 3.34. The Labute approximate surface area is 183 Å². The zero-order valence-corrected chi connectivity index (χ0v) is 18.3. The van der Waals surface area contributed by atoms with Crippen molar-refractivity contribution >= 4 is 38.8 Å². The molecule has 6 heteroatoms. The first-order valence-corrected chi connectivity index (χ1v) is 11.2. The van der Waals surface area contributed by atoms with Crippen LogP contribution >= 0.6 is 11.3 Å². The van der Waals surface area contributed by atoms with E-state index in [2.05, 4.69) is 59.2 Å². The lowest BCUT2D eigenvalue weighted by Crippen LogP contribution is -2.23. The maximum absolute atomic E-state index is 12.9. The highest BCUT2D eigenvalue weighted by molar-refractivity contribution is 7.15. The van der Waals surface area contributed by atoms with Gasteiger partial charge in [0.15, 0.2) is 5.82 Å². The first-order valence-electron chi connectivity index (χ1n) is 10.4. The van der Waals surface area contributed by atoms with E-state index in [9.17, 15) is 4.79 Å². The second-order valence-electron chi connectivity index (χ2n) is 7.34. The molecule has 0 radical (unpaired) electrons. The molecule has 5 aromatic rings. The summed E-state index contributed by atoms with van der Waals surface area (Å²) in [6.07, 6.45) is 1.91. The highest BCUT2D eigenvalue weighted by Crippen LogP contribution is 2.26. The lowest BCUT2D eigenvalue weighted by molar-refractivity contribution is 0.866. The van der Waals surface area contributed by atoms with Crippen molar-refractivity contribution in [3.05, 3.63) is 87.2 Å². The summed E-state index contributed by atoms with van der Waals surface area (Å²) in [6.45, 7) is 6.23. The monoisotopic (exact) mass is 426 g/mol. The molecule has 0 N–H and O–H groups in total. The molecular formula is C25H22N4OS. The number of benzene rings is 3. The number of anilines is 1. The van der Waals surface area contributed by atoms with Crippen LogP contribution in [0.3, 0.4) is 0 Å². The van der Waals surface area contributed by atoms with E-state index in [1.165, 1.54) is 21.5 Å². The van der Waals surface area contributed by atoms with Crippen molar-refractivity contribution in [1.29, 1.82) is 0 Å². The Bertz CT molecular complexity index is 1470. The summed E-state index contributed by atoms with van der Waals surface area (Å²) in [6, 6.07) is 22.5. The number of aromatic nitrogens is 3. The van der Waals surface area contributed by atoms with Gasteiger partial charge in [0, 0.05) is 24.3 Å². The minimum atomic E-state index is -0.133. The number of thiazole rings is 1. The predicted molar refractivity (Wildman–Crippen MR) is 129 cm³/mol. The third-order valence-corrected chi connectivity index (χ3v) is 6.49. The molecule has 31 heavy (non-hydrogen) atoms. The molecule has 0 bridgehead atoms. The molecule has 0 aliphatic heterocycles. The van der Waals surface area contributed by atoms with Gasteiger partial charge in [0.1, 0.15) is 0 Å². The van der Waals surface area contributed by atoms with Crippen LogP contribution in [0.5, 0.6) is 0 Å². The Balaban J connectivity index is 1.53. The first-order chi connectivity index (χ1) is 15.2. The lowest BCUT2D eigenvalue weighted by Gasteiger charge is -2.20. The van der Waals surface area contributed by atoms with Crippen molar-refractivity contribution < 1.29 is 0 Å². The number of nitrogens with zero attached hydrogens (tertiary/aromatic N) is 4. The molecule has 0 unspecified atom stereocenters. The summed E-state index contributed by atoms with van der Waals surface area (Å²) < 4.78 is 2.05. The SMILES string of the molecule is CCN(CC)c1ccc(/C=c2\sc3nc(-c4cccc5ccccc45)nn3c2=O)cc1. The molecule has 0 spiro atoms. The summed E-state index contributed by atoms with van der Waals surface area (Å²) in [5.74, 6) is 0.579. The molecule has 0 saturated heterocycles. The van der Waals surface area contributed by atoms with Crippen molar-refractivity contribution in [3.8, 4) is 11.4 Å². The minimum Gasteiger partial charge on any atom is -0.372 e. The number of rotatable bonds is 5. The van der Waals surface area contributed by atoms with Gasteiger partial charge in [-0.15, -0.1) is 5.10 Å². The van der Waals surface area contributed by atoms with Crippen LogP contribution in [0.15, 0.2) is 71.5 Å². The molecule has 2 aromatic heterocycles. The van der Waals surface area contributed by atoms with Crippen LogP contribution in [0.1, 0.15) is 19.4 Å². The lowest BCUT2D eigenvalue weighted by atomic mass is 10.0. The zero-order valence-electron chi connectivity index (χ0n) is 17.4. The van der Waals surface area contributed by atoms with Gasteiger partial charge in [0.25, 0.3) is 5.56 Å². The van der Waals surface area contributed by atoms with Gasteiger partial charge in [-0.2, -0.15) is 9.50 Å². The summed E-state index contributed by atoms with van der Waals surface area (Å²) in [5.41, 5.74) is 2.98. The highest BCUT2D eigenvalue weighted by Gasteiger charge is 2.14. The Hall–Kier alpha value is -3.51. The Kier molecular flexibility index (Phi) is 5.00. The average molecular weight is 427 g/mol. The summed E-state index contributed by atoms with van der Waals surface area (Å²) in [7, 11) is 0. The fourth-order valence-corrected chi connectivity index (χ4v) is 4.80. The third-order valence-electron chi connectivity index (χ3n) is 5.53. The first kappa shape index (κ1) is 19.5. The van der Waals surface area contributed by atoms with Gasteiger partial charge in [0.05, 0.1) is 4.53 Å². The van der Waals surface area contributed by atoms with Gasteiger partial charge in [-0.1, -0.05) is 65.9 Å². The Morgan fingerprint density at radius 2 is 1.71 bits per heavy atom. The van der Waals surface area contributed by atoms with Gasteiger partial charge in [-0.05, 0) is 48.4 Å². The second-order valence-corrected chi connectivity index (χ2v) is 8.35. The van der Waals surface area contributed by atoms with Gasteiger partial charge in [-0.25, -0.2) is 0 Å². The van der Waals surface area contributed by atoms with E-state index >= 15 is 0 Å². The molecule has 0 fully saturated rings. The summed E-state index contributed by atoms with van der Waals surface area (Å²) in [4.78, 5) is 20.5. The van der Waals surface area contributed by atoms with Crippen LogP contribution < -0.4 is 15.0 Å². The van der Waals surface area contributed by atoms with Crippen LogP contribution in [-0.2, 0) is 0 Å². The minimum absolute atomic E-state index is 0.133. The van der Waals surface area contributed by atoms with Crippen LogP contribution in [0.2, 0.25) is 0 Å². The fourth-order valence-electron chi connectivity index (χ4n) is 3.89. The zero-order chi connectivity index (χ0) is 21.4. The molecule has 2 heterocycles. The largest absolute Gasteiger partial charge is 0.372 e. The van der Waals surface area contributed by atoms with Gasteiger partial charge < -0.3 is 4.90 Å². The second kappa shape index (κ2) is 7.96. The van der Waals surface area contributed by atoms with Gasteiger partial charge >= 0.3 is 0 Å². The van der Waals surface area contributed by atoms with E-state index in [4.69, 9.17) is 0 Å². The van der Waals surface area contributed by atoms with E-state index in [0.29, 0.717) is 15.3 Å². The maximum atomic E-state index is 12.9. The van der Waals surface area contributed by atoms with Crippen LogP contribution in [-0.4, -0.2) is 27.7 Å². The van der Waals surface area contributed by atoms with Crippen molar-refractivity contribution in [2.24, 2.45) is 0 Å². The van der Waals surface area contributed by atoms with Crippen LogP contribution in [0.4, 0.5) is 5.69 Å².